The fraction of sp³-hybridized carbons (Fsp3) is 0.231. The zero-order chi connectivity index (χ0) is 12.3. The number of phenolic OH excluding ortho intramolecular Hbond substituents is 1. The summed E-state index contributed by atoms with van der Waals surface area (Å²) < 4.78 is 0. The summed E-state index contributed by atoms with van der Waals surface area (Å²) in [6, 6.07) is 11.2. The molecule has 0 saturated carbocycles. The molecule has 0 amide bonds. The number of alkyl halides is 1. The molecular weight excluding hydrogens is 238 g/mol. The molecule has 0 aliphatic carbocycles. The number of phenols is 1. The molecule has 0 heterocycles. The molecule has 0 aliphatic heterocycles. The van der Waals surface area contributed by atoms with Crippen molar-refractivity contribution in [3.05, 3.63) is 36.4 Å². The number of aromatic hydroxyl groups is 1. The van der Waals surface area contributed by atoms with Crippen molar-refractivity contribution in [1.82, 2.24) is 0 Å². The minimum absolute atomic E-state index is 0.165. The van der Waals surface area contributed by atoms with Crippen LogP contribution < -0.4 is 5.32 Å². The second-order valence-corrected chi connectivity index (χ2v) is 4.18. The van der Waals surface area contributed by atoms with Gasteiger partial charge in [-0.1, -0.05) is 30.3 Å². The number of hydrogen-bond donors (Lipinski definition) is 3. The first kappa shape index (κ1) is 12.0. The van der Waals surface area contributed by atoms with Gasteiger partial charge in [-0.05, 0) is 11.5 Å². The van der Waals surface area contributed by atoms with Crippen molar-refractivity contribution >= 4 is 28.1 Å². The predicted molar refractivity (Wildman–Crippen MR) is 70.8 cm³/mol. The quantitative estimate of drug-likeness (QED) is 0.578. The van der Waals surface area contributed by atoms with Crippen LogP contribution in [0, 0.1) is 0 Å². The smallest absolute Gasteiger partial charge is 0.139 e. The molecule has 0 aromatic heterocycles. The third-order valence-corrected chi connectivity index (χ3v) is 2.96. The molecule has 1 unspecified atom stereocenters. The number of nitrogens with one attached hydrogen (secondary N) is 1. The maximum Gasteiger partial charge on any atom is 0.139 e. The van der Waals surface area contributed by atoms with E-state index in [0.29, 0.717) is 12.2 Å². The number of benzene rings is 2. The van der Waals surface area contributed by atoms with Gasteiger partial charge in [0.2, 0.25) is 0 Å². The van der Waals surface area contributed by atoms with Crippen LogP contribution in [0.4, 0.5) is 5.69 Å². The number of hydrogen-bond acceptors (Lipinski definition) is 3. The van der Waals surface area contributed by atoms with Crippen LogP contribution in [0.15, 0.2) is 36.4 Å². The lowest BCUT2D eigenvalue weighted by molar-refractivity contribution is 0.211. The Balaban J connectivity index is 2.34. The van der Waals surface area contributed by atoms with Gasteiger partial charge in [0, 0.05) is 11.9 Å². The molecule has 17 heavy (non-hydrogen) atoms. The van der Waals surface area contributed by atoms with Crippen molar-refractivity contribution < 1.29 is 10.2 Å². The second-order valence-electron chi connectivity index (χ2n) is 3.87. The van der Waals surface area contributed by atoms with Crippen LogP contribution >= 0.6 is 11.6 Å². The number of anilines is 1. The summed E-state index contributed by atoms with van der Waals surface area (Å²) in [6.45, 7) is 0.311. The van der Waals surface area contributed by atoms with Crippen LogP contribution in [0.3, 0.4) is 0 Å². The number of aliphatic hydroxyl groups excluding tert-OH is 1. The highest BCUT2D eigenvalue weighted by Gasteiger charge is 2.08. The lowest BCUT2D eigenvalue weighted by Crippen LogP contribution is -2.20. The Hall–Kier alpha value is -1.45. The van der Waals surface area contributed by atoms with Crippen LogP contribution in [-0.4, -0.2) is 28.7 Å². The summed E-state index contributed by atoms with van der Waals surface area (Å²) >= 11 is 5.52. The van der Waals surface area contributed by atoms with E-state index in [1.54, 1.807) is 6.07 Å². The van der Waals surface area contributed by atoms with Gasteiger partial charge in [0.25, 0.3) is 0 Å². The van der Waals surface area contributed by atoms with E-state index in [-0.39, 0.29) is 11.6 Å². The molecule has 0 fully saturated rings. The first-order valence-electron chi connectivity index (χ1n) is 5.41. The van der Waals surface area contributed by atoms with Gasteiger partial charge >= 0.3 is 0 Å². The average Bonchev–Trinajstić information content (AvgIpc) is 2.37. The molecule has 1 atom stereocenters. The van der Waals surface area contributed by atoms with E-state index in [0.717, 1.165) is 10.8 Å². The molecule has 3 nitrogen and oxygen atoms in total. The van der Waals surface area contributed by atoms with Crippen molar-refractivity contribution in [2.24, 2.45) is 0 Å². The Morgan fingerprint density at radius 3 is 2.71 bits per heavy atom. The molecule has 90 valence electrons. The highest BCUT2D eigenvalue weighted by molar-refractivity contribution is 6.18. The minimum atomic E-state index is -0.630. The van der Waals surface area contributed by atoms with Crippen molar-refractivity contribution in [1.29, 1.82) is 0 Å². The maximum atomic E-state index is 9.82. The fourth-order valence-corrected chi connectivity index (χ4v) is 1.83. The summed E-state index contributed by atoms with van der Waals surface area (Å²) in [6.07, 6.45) is -0.630. The molecule has 2 aromatic carbocycles. The second kappa shape index (κ2) is 5.25. The van der Waals surface area contributed by atoms with Crippen molar-refractivity contribution in [2.45, 2.75) is 6.10 Å². The van der Waals surface area contributed by atoms with E-state index in [4.69, 9.17) is 11.6 Å². The highest BCUT2D eigenvalue weighted by atomic mass is 35.5. The summed E-state index contributed by atoms with van der Waals surface area (Å²) in [4.78, 5) is 0. The SMILES string of the molecule is Oc1ccc2ccccc2c1NCC(O)CCl. The van der Waals surface area contributed by atoms with E-state index < -0.39 is 6.10 Å². The van der Waals surface area contributed by atoms with Crippen molar-refractivity contribution in [3.63, 3.8) is 0 Å². The Bertz CT molecular complexity index is 516. The van der Waals surface area contributed by atoms with Gasteiger partial charge in [0.1, 0.15) is 5.75 Å². The van der Waals surface area contributed by atoms with Gasteiger partial charge in [0.15, 0.2) is 0 Å². The number of aliphatic hydroxyl groups is 1. The molecule has 0 aliphatic rings. The van der Waals surface area contributed by atoms with E-state index in [1.807, 2.05) is 30.3 Å². The van der Waals surface area contributed by atoms with Gasteiger partial charge in [-0.25, -0.2) is 0 Å². The lowest BCUT2D eigenvalue weighted by atomic mass is 10.1. The molecule has 2 aromatic rings. The third kappa shape index (κ3) is 2.62. The van der Waals surface area contributed by atoms with E-state index in [9.17, 15) is 10.2 Å². The van der Waals surface area contributed by atoms with E-state index in [1.165, 1.54) is 0 Å². The summed E-state index contributed by atoms with van der Waals surface area (Å²) in [5, 5.41) is 24.2. The first-order chi connectivity index (χ1) is 8.22. The molecule has 0 spiro atoms. The van der Waals surface area contributed by atoms with E-state index >= 15 is 0 Å². The standard InChI is InChI=1S/C13H14ClNO2/c14-7-10(16)8-15-13-11-4-2-1-3-9(11)5-6-12(13)17/h1-6,10,15-17H,7-8H2. The van der Waals surface area contributed by atoms with Crippen LogP contribution in [0.1, 0.15) is 0 Å². The lowest BCUT2D eigenvalue weighted by Gasteiger charge is -2.13. The summed E-state index contributed by atoms with van der Waals surface area (Å²) in [5.74, 6) is 0.337. The molecule has 0 bridgehead atoms. The maximum absolute atomic E-state index is 9.82. The Morgan fingerprint density at radius 2 is 1.94 bits per heavy atom. The topological polar surface area (TPSA) is 52.5 Å². The number of fused-ring (bicyclic) bond motifs is 1. The largest absolute Gasteiger partial charge is 0.506 e. The van der Waals surface area contributed by atoms with Gasteiger partial charge in [-0.15, -0.1) is 11.6 Å². The molecule has 0 radical (unpaired) electrons. The zero-order valence-electron chi connectivity index (χ0n) is 9.23. The number of rotatable bonds is 4. The predicted octanol–water partition coefficient (Wildman–Crippen LogP) is 2.56. The van der Waals surface area contributed by atoms with Crippen molar-refractivity contribution in [2.75, 3.05) is 17.7 Å². The zero-order valence-corrected chi connectivity index (χ0v) is 9.98. The van der Waals surface area contributed by atoms with Gasteiger partial charge in [-0.2, -0.15) is 0 Å². The molecule has 2 rings (SSSR count). The fourth-order valence-electron chi connectivity index (χ4n) is 1.72. The monoisotopic (exact) mass is 251 g/mol. The van der Waals surface area contributed by atoms with Gasteiger partial charge in [-0.3, -0.25) is 0 Å². The molecular formula is C13H14ClNO2. The summed E-state index contributed by atoms with van der Waals surface area (Å²) in [5.41, 5.74) is 0.632. The third-order valence-electron chi connectivity index (χ3n) is 2.60. The Labute approximate surface area is 105 Å². The minimum Gasteiger partial charge on any atom is -0.506 e. The average molecular weight is 252 g/mol. The number of halogens is 1. The van der Waals surface area contributed by atoms with Crippen LogP contribution in [-0.2, 0) is 0 Å². The van der Waals surface area contributed by atoms with Gasteiger partial charge < -0.3 is 15.5 Å². The Morgan fingerprint density at radius 1 is 1.18 bits per heavy atom. The Kier molecular flexibility index (Phi) is 3.71. The molecule has 4 heteroatoms. The highest BCUT2D eigenvalue weighted by Crippen LogP contribution is 2.32. The molecule has 3 N–H and O–H groups in total. The van der Waals surface area contributed by atoms with Crippen LogP contribution in [0.25, 0.3) is 10.8 Å². The van der Waals surface area contributed by atoms with Gasteiger partial charge in [0.05, 0.1) is 17.7 Å². The van der Waals surface area contributed by atoms with E-state index in [2.05, 4.69) is 5.32 Å². The summed E-state index contributed by atoms with van der Waals surface area (Å²) in [7, 11) is 0. The first-order valence-corrected chi connectivity index (χ1v) is 5.94. The normalized spacial score (nSPS) is 12.6. The van der Waals surface area contributed by atoms with Crippen LogP contribution in [0.5, 0.6) is 5.75 Å². The molecule has 0 saturated heterocycles. The van der Waals surface area contributed by atoms with Crippen molar-refractivity contribution in [3.8, 4) is 5.75 Å². The van der Waals surface area contributed by atoms with Crippen LogP contribution in [0.2, 0.25) is 0 Å².